The molecule has 136 valence electrons. The lowest BCUT2D eigenvalue weighted by Crippen LogP contribution is -2.32. The maximum absolute atomic E-state index is 11.3. The summed E-state index contributed by atoms with van der Waals surface area (Å²) < 4.78 is 0. The fourth-order valence-corrected chi connectivity index (χ4v) is 2.81. The smallest absolute Gasteiger partial charge is 0.303 e. The Morgan fingerprint density at radius 2 is 1.30 bits per heavy atom. The van der Waals surface area contributed by atoms with Crippen molar-refractivity contribution >= 4 is 11.9 Å². The van der Waals surface area contributed by atoms with E-state index in [2.05, 4.69) is 5.32 Å². The number of amides is 1. The molecule has 1 unspecified atom stereocenters. The van der Waals surface area contributed by atoms with Crippen LogP contribution in [0, 0.1) is 0 Å². The van der Waals surface area contributed by atoms with Gasteiger partial charge in [0.2, 0.25) is 5.91 Å². The van der Waals surface area contributed by atoms with Gasteiger partial charge in [-0.15, -0.1) is 0 Å². The zero-order chi connectivity index (χ0) is 17.3. The normalized spacial score (nSPS) is 12.1. The van der Waals surface area contributed by atoms with Crippen molar-refractivity contribution < 1.29 is 19.8 Å². The molecule has 5 heteroatoms. The first-order valence-corrected chi connectivity index (χ1v) is 9.16. The van der Waals surface area contributed by atoms with E-state index in [0.29, 0.717) is 0 Å². The first kappa shape index (κ1) is 21.9. The molecule has 23 heavy (non-hydrogen) atoms. The van der Waals surface area contributed by atoms with Crippen molar-refractivity contribution in [3.63, 3.8) is 0 Å². The van der Waals surface area contributed by atoms with Crippen molar-refractivity contribution in [2.75, 3.05) is 6.61 Å². The molecule has 0 heterocycles. The Balaban J connectivity index is 3.66. The highest BCUT2D eigenvalue weighted by Gasteiger charge is 2.09. The summed E-state index contributed by atoms with van der Waals surface area (Å²) in [5, 5.41) is 20.3. The molecule has 3 N–H and O–H groups in total. The second kappa shape index (κ2) is 15.8. The number of nitrogens with one attached hydrogen (secondary N) is 1. The predicted molar refractivity (Wildman–Crippen MR) is 92.3 cm³/mol. The van der Waals surface area contributed by atoms with Crippen LogP contribution < -0.4 is 5.32 Å². The van der Waals surface area contributed by atoms with Gasteiger partial charge in [-0.05, 0) is 25.7 Å². The maximum Gasteiger partial charge on any atom is 0.303 e. The quantitative estimate of drug-likeness (QED) is 0.377. The van der Waals surface area contributed by atoms with Crippen molar-refractivity contribution in [2.24, 2.45) is 0 Å². The van der Waals surface area contributed by atoms with Gasteiger partial charge in [0.1, 0.15) is 0 Å². The van der Waals surface area contributed by atoms with E-state index in [9.17, 15) is 9.59 Å². The van der Waals surface area contributed by atoms with Crippen LogP contribution in [0.1, 0.15) is 90.4 Å². The lowest BCUT2D eigenvalue weighted by molar-refractivity contribution is -0.137. The molecule has 0 saturated carbocycles. The summed E-state index contributed by atoms with van der Waals surface area (Å²) in [5.74, 6) is -0.675. The van der Waals surface area contributed by atoms with E-state index in [0.717, 1.165) is 77.0 Å². The molecule has 1 amide bonds. The molecule has 0 aliphatic heterocycles. The van der Waals surface area contributed by atoms with Gasteiger partial charge < -0.3 is 15.5 Å². The van der Waals surface area contributed by atoms with E-state index in [-0.39, 0.29) is 25.0 Å². The van der Waals surface area contributed by atoms with Crippen LogP contribution in [-0.4, -0.2) is 34.7 Å². The van der Waals surface area contributed by atoms with Gasteiger partial charge in [-0.2, -0.15) is 0 Å². The van der Waals surface area contributed by atoms with Crippen LogP contribution >= 0.6 is 0 Å². The summed E-state index contributed by atoms with van der Waals surface area (Å²) in [5.41, 5.74) is 0. The standard InChI is InChI=1S/C18H35NO4/c1-16(21)19-17(13-9-5-3-7-11-15-20)12-8-4-2-6-10-14-18(22)23/h17,20H,2-15H2,1H3,(H,19,21)(H,22,23). The summed E-state index contributed by atoms with van der Waals surface area (Å²) in [7, 11) is 0. The Kier molecular flexibility index (Phi) is 15.0. The summed E-state index contributed by atoms with van der Waals surface area (Å²) in [6.07, 6.45) is 12.7. The summed E-state index contributed by atoms with van der Waals surface area (Å²) in [6, 6.07) is 0.268. The minimum Gasteiger partial charge on any atom is -0.481 e. The zero-order valence-corrected chi connectivity index (χ0v) is 14.7. The van der Waals surface area contributed by atoms with Crippen molar-refractivity contribution in [3.8, 4) is 0 Å². The Morgan fingerprint density at radius 3 is 1.78 bits per heavy atom. The summed E-state index contributed by atoms with van der Waals surface area (Å²) in [4.78, 5) is 21.7. The predicted octanol–water partition coefficient (Wildman–Crippen LogP) is 3.64. The molecule has 0 saturated heterocycles. The Morgan fingerprint density at radius 1 is 0.826 bits per heavy atom. The number of aliphatic carboxylic acids is 1. The first-order chi connectivity index (χ1) is 11.1. The number of hydrogen-bond acceptors (Lipinski definition) is 3. The van der Waals surface area contributed by atoms with Crippen LogP contribution in [0.4, 0.5) is 0 Å². The molecule has 0 radical (unpaired) electrons. The number of aliphatic hydroxyl groups is 1. The SMILES string of the molecule is CC(=O)NC(CCCCCCCO)CCCCCCCC(=O)O. The van der Waals surface area contributed by atoms with Crippen molar-refractivity contribution in [1.29, 1.82) is 0 Å². The van der Waals surface area contributed by atoms with Gasteiger partial charge in [-0.1, -0.05) is 51.4 Å². The molecule has 0 spiro atoms. The van der Waals surface area contributed by atoms with E-state index in [1.807, 2.05) is 0 Å². The molecule has 0 fully saturated rings. The molecule has 0 bridgehead atoms. The monoisotopic (exact) mass is 329 g/mol. The van der Waals surface area contributed by atoms with E-state index in [1.165, 1.54) is 0 Å². The molecular weight excluding hydrogens is 294 g/mol. The Hall–Kier alpha value is -1.10. The number of rotatable bonds is 16. The molecule has 0 aromatic rings. The van der Waals surface area contributed by atoms with Crippen LogP contribution in [-0.2, 0) is 9.59 Å². The molecule has 5 nitrogen and oxygen atoms in total. The fraction of sp³-hybridized carbons (Fsp3) is 0.889. The lowest BCUT2D eigenvalue weighted by Gasteiger charge is -2.17. The third kappa shape index (κ3) is 17.1. The number of carbonyl (C=O) groups excluding carboxylic acids is 1. The number of unbranched alkanes of at least 4 members (excludes halogenated alkanes) is 8. The zero-order valence-electron chi connectivity index (χ0n) is 14.7. The molecule has 0 aliphatic carbocycles. The highest BCUT2D eigenvalue weighted by Crippen LogP contribution is 2.14. The lowest BCUT2D eigenvalue weighted by atomic mass is 10.00. The van der Waals surface area contributed by atoms with E-state index in [1.54, 1.807) is 6.92 Å². The number of carbonyl (C=O) groups is 2. The molecule has 0 aliphatic rings. The van der Waals surface area contributed by atoms with Crippen LogP contribution in [0.3, 0.4) is 0 Å². The molecule has 0 aromatic heterocycles. The third-order valence-corrected chi connectivity index (χ3v) is 4.06. The van der Waals surface area contributed by atoms with Gasteiger partial charge in [0, 0.05) is 26.0 Å². The van der Waals surface area contributed by atoms with E-state index in [4.69, 9.17) is 10.2 Å². The second-order valence-corrected chi connectivity index (χ2v) is 6.38. The number of carboxylic acids is 1. The van der Waals surface area contributed by atoms with Crippen LogP contribution in [0.5, 0.6) is 0 Å². The molecule has 0 aromatic carbocycles. The van der Waals surface area contributed by atoms with Crippen LogP contribution in [0.2, 0.25) is 0 Å². The van der Waals surface area contributed by atoms with Crippen LogP contribution in [0.15, 0.2) is 0 Å². The summed E-state index contributed by atoms with van der Waals surface area (Å²) in [6.45, 7) is 1.85. The van der Waals surface area contributed by atoms with E-state index >= 15 is 0 Å². The number of aliphatic hydroxyl groups excluding tert-OH is 1. The highest BCUT2D eigenvalue weighted by molar-refractivity contribution is 5.73. The average molecular weight is 329 g/mol. The highest BCUT2D eigenvalue weighted by atomic mass is 16.4. The molecule has 1 atom stereocenters. The maximum atomic E-state index is 11.3. The van der Waals surface area contributed by atoms with Gasteiger partial charge in [0.15, 0.2) is 0 Å². The topological polar surface area (TPSA) is 86.6 Å². The minimum atomic E-state index is -0.713. The van der Waals surface area contributed by atoms with Gasteiger partial charge >= 0.3 is 5.97 Å². The second-order valence-electron chi connectivity index (χ2n) is 6.38. The van der Waals surface area contributed by atoms with E-state index < -0.39 is 5.97 Å². The fourth-order valence-electron chi connectivity index (χ4n) is 2.81. The van der Waals surface area contributed by atoms with Crippen LogP contribution in [0.25, 0.3) is 0 Å². The minimum absolute atomic E-state index is 0.0386. The van der Waals surface area contributed by atoms with Gasteiger partial charge in [-0.25, -0.2) is 0 Å². The average Bonchev–Trinajstić information content (AvgIpc) is 2.48. The Labute approximate surface area is 140 Å². The third-order valence-electron chi connectivity index (χ3n) is 4.06. The molecule has 0 rings (SSSR count). The van der Waals surface area contributed by atoms with Crippen molar-refractivity contribution in [2.45, 2.75) is 96.4 Å². The number of hydrogen-bond donors (Lipinski definition) is 3. The molecular formula is C18H35NO4. The van der Waals surface area contributed by atoms with Gasteiger partial charge in [0.25, 0.3) is 0 Å². The van der Waals surface area contributed by atoms with Crippen molar-refractivity contribution in [1.82, 2.24) is 5.32 Å². The van der Waals surface area contributed by atoms with Gasteiger partial charge in [-0.3, -0.25) is 9.59 Å². The van der Waals surface area contributed by atoms with Crippen molar-refractivity contribution in [3.05, 3.63) is 0 Å². The number of carboxylic acid groups (broad SMARTS) is 1. The Bertz CT molecular complexity index is 307. The van der Waals surface area contributed by atoms with Gasteiger partial charge in [0.05, 0.1) is 0 Å². The summed E-state index contributed by atoms with van der Waals surface area (Å²) >= 11 is 0. The largest absolute Gasteiger partial charge is 0.481 e. The first-order valence-electron chi connectivity index (χ1n) is 9.16.